The summed E-state index contributed by atoms with van der Waals surface area (Å²) >= 11 is 6.35. The fraction of sp³-hybridized carbons (Fsp3) is 0.250. The third-order valence-electron chi connectivity index (χ3n) is 4.63. The van der Waals surface area contributed by atoms with E-state index in [0.29, 0.717) is 11.9 Å². The quantitative estimate of drug-likeness (QED) is 0.715. The lowest BCUT2D eigenvalue weighted by molar-refractivity contribution is 0.244. The van der Waals surface area contributed by atoms with E-state index < -0.39 is 0 Å². The Hall–Kier alpha value is -2.50. The Labute approximate surface area is 158 Å². The topological polar surface area (TPSA) is 53.9 Å². The number of pyridine rings is 1. The van der Waals surface area contributed by atoms with Crippen LogP contribution in [-0.4, -0.2) is 26.4 Å². The number of nitrogens with one attached hydrogen (secondary N) is 1. The molecule has 2 aromatic heterocycles. The van der Waals surface area contributed by atoms with E-state index in [-0.39, 0.29) is 0 Å². The van der Waals surface area contributed by atoms with Crippen molar-refractivity contribution in [3.05, 3.63) is 77.3 Å². The first kappa shape index (κ1) is 16.9. The molecular weight excluding hydrogens is 346 g/mol. The van der Waals surface area contributed by atoms with E-state index in [1.54, 1.807) is 18.6 Å². The molecule has 1 unspecified atom stereocenters. The van der Waals surface area contributed by atoms with Crippen LogP contribution in [0.15, 0.2) is 61.1 Å². The highest BCUT2D eigenvalue weighted by atomic mass is 35.5. The summed E-state index contributed by atoms with van der Waals surface area (Å²) in [5.41, 5.74) is 2.23. The van der Waals surface area contributed by atoms with E-state index in [4.69, 9.17) is 16.6 Å². The van der Waals surface area contributed by atoms with Gasteiger partial charge >= 0.3 is 0 Å². The minimum atomic E-state index is 0.301. The second-order valence-electron chi connectivity index (χ2n) is 6.38. The average molecular weight is 366 g/mol. The number of nitrogens with zero attached hydrogens (tertiary/aromatic N) is 4. The van der Waals surface area contributed by atoms with Gasteiger partial charge in [0.1, 0.15) is 11.6 Å². The van der Waals surface area contributed by atoms with Gasteiger partial charge < -0.3 is 5.32 Å². The van der Waals surface area contributed by atoms with Gasteiger partial charge in [-0.25, -0.2) is 9.97 Å². The van der Waals surface area contributed by atoms with Crippen LogP contribution in [-0.2, 0) is 6.54 Å². The van der Waals surface area contributed by atoms with Gasteiger partial charge in [0.05, 0.1) is 17.9 Å². The molecule has 0 saturated carbocycles. The SMILES string of the molecule is Clc1ccccc1CN1CCCC1c1cccc(Nc2cnccn2)n1. The van der Waals surface area contributed by atoms with Crippen LogP contribution in [0.5, 0.6) is 0 Å². The smallest absolute Gasteiger partial charge is 0.150 e. The van der Waals surface area contributed by atoms with Gasteiger partial charge in [-0.2, -0.15) is 0 Å². The molecule has 1 atom stereocenters. The van der Waals surface area contributed by atoms with Gasteiger partial charge in [-0.05, 0) is 43.1 Å². The monoisotopic (exact) mass is 365 g/mol. The highest BCUT2D eigenvalue weighted by Crippen LogP contribution is 2.33. The second kappa shape index (κ2) is 7.81. The maximum absolute atomic E-state index is 6.35. The predicted molar refractivity (Wildman–Crippen MR) is 103 cm³/mol. The number of benzene rings is 1. The van der Waals surface area contributed by atoms with Gasteiger partial charge in [0.25, 0.3) is 0 Å². The molecule has 1 fully saturated rings. The van der Waals surface area contributed by atoms with E-state index in [2.05, 4.69) is 32.3 Å². The van der Waals surface area contributed by atoms with Crippen molar-refractivity contribution >= 4 is 23.2 Å². The molecule has 0 bridgehead atoms. The zero-order chi connectivity index (χ0) is 17.8. The van der Waals surface area contributed by atoms with Crippen LogP contribution >= 0.6 is 11.6 Å². The lowest BCUT2D eigenvalue weighted by Gasteiger charge is -2.25. The van der Waals surface area contributed by atoms with Crippen LogP contribution in [0.3, 0.4) is 0 Å². The summed E-state index contributed by atoms with van der Waals surface area (Å²) in [6.45, 7) is 1.90. The molecule has 1 aliphatic heterocycles. The van der Waals surface area contributed by atoms with E-state index in [9.17, 15) is 0 Å². The molecule has 1 N–H and O–H groups in total. The normalized spacial score (nSPS) is 17.3. The summed E-state index contributed by atoms with van der Waals surface area (Å²) in [6, 6.07) is 14.4. The van der Waals surface area contributed by atoms with Crippen molar-refractivity contribution in [1.29, 1.82) is 0 Å². The molecule has 1 aromatic carbocycles. The van der Waals surface area contributed by atoms with Crippen molar-refractivity contribution < 1.29 is 0 Å². The molecule has 0 radical (unpaired) electrons. The summed E-state index contributed by atoms with van der Waals surface area (Å²) in [4.78, 5) is 15.6. The highest BCUT2D eigenvalue weighted by molar-refractivity contribution is 6.31. The second-order valence-corrected chi connectivity index (χ2v) is 6.79. The molecule has 0 aliphatic carbocycles. The van der Waals surface area contributed by atoms with Crippen LogP contribution in [0.4, 0.5) is 11.6 Å². The zero-order valence-corrected chi connectivity index (χ0v) is 15.1. The van der Waals surface area contributed by atoms with Gasteiger partial charge in [0, 0.05) is 24.0 Å². The van der Waals surface area contributed by atoms with Crippen molar-refractivity contribution in [3.63, 3.8) is 0 Å². The minimum Gasteiger partial charge on any atom is -0.324 e. The van der Waals surface area contributed by atoms with Gasteiger partial charge in [0.2, 0.25) is 0 Å². The third-order valence-corrected chi connectivity index (χ3v) is 5.00. The lowest BCUT2D eigenvalue weighted by Crippen LogP contribution is -2.23. The molecule has 1 aliphatic rings. The molecule has 5 nitrogen and oxygen atoms in total. The molecule has 3 heterocycles. The fourth-order valence-electron chi connectivity index (χ4n) is 3.40. The van der Waals surface area contributed by atoms with Crippen molar-refractivity contribution in [1.82, 2.24) is 19.9 Å². The number of anilines is 2. The Morgan fingerprint density at radius 2 is 2.00 bits per heavy atom. The number of hydrogen-bond acceptors (Lipinski definition) is 5. The molecule has 3 aromatic rings. The lowest BCUT2D eigenvalue weighted by atomic mass is 10.1. The summed E-state index contributed by atoms with van der Waals surface area (Å²) in [6.07, 6.45) is 7.27. The van der Waals surface area contributed by atoms with E-state index in [0.717, 1.165) is 41.6 Å². The van der Waals surface area contributed by atoms with E-state index in [1.807, 2.05) is 30.3 Å². The Morgan fingerprint density at radius 3 is 2.85 bits per heavy atom. The number of aromatic nitrogens is 3. The van der Waals surface area contributed by atoms with Crippen LogP contribution in [0.25, 0.3) is 0 Å². The zero-order valence-electron chi connectivity index (χ0n) is 14.3. The maximum atomic E-state index is 6.35. The first-order chi connectivity index (χ1) is 12.8. The van der Waals surface area contributed by atoms with Gasteiger partial charge in [-0.15, -0.1) is 0 Å². The first-order valence-corrected chi connectivity index (χ1v) is 9.15. The van der Waals surface area contributed by atoms with Crippen molar-refractivity contribution in [3.8, 4) is 0 Å². The average Bonchev–Trinajstić information content (AvgIpc) is 3.13. The molecule has 132 valence electrons. The molecule has 0 amide bonds. The van der Waals surface area contributed by atoms with Crippen molar-refractivity contribution in [2.24, 2.45) is 0 Å². The van der Waals surface area contributed by atoms with Crippen LogP contribution < -0.4 is 5.32 Å². The minimum absolute atomic E-state index is 0.301. The van der Waals surface area contributed by atoms with Crippen LogP contribution in [0.2, 0.25) is 5.02 Å². The fourth-order valence-corrected chi connectivity index (χ4v) is 3.59. The Kier molecular flexibility index (Phi) is 5.09. The maximum Gasteiger partial charge on any atom is 0.150 e. The predicted octanol–water partition coefficient (Wildman–Crippen LogP) is 4.61. The van der Waals surface area contributed by atoms with E-state index >= 15 is 0 Å². The summed E-state index contributed by atoms with van der Waals surface area (Å²) in [5.74, 6) is 1.48. The first-order valence-electron chi connectivity index (χ1n) is 8.77. The van der Waals surface area contributed by atoms with Gasteiger partial charge in [-0.3, -0.25) is 9.88 Å². The van der Waals surface area contributed by atoms with Gasteiger partial charge in [0.15, 0.2) is 0 Å². The van der Waals surface area contributed by atoms with E-state index in [1.165, 1.54) is 6.42 Å². The number of hydrogen-bond donors (Lipinski definition) is 1. The summed E-state index contributed by atoms with van der Waals surface area (Å²) < 4.78 is 0. The number of likely N-dealkylation sites (tertiary alicyclic amines) is 1. The summed E-state index contributed by atoms with van der Waals surface area (Å²) in [5, 5.41) is 4.04. The Morgan fingerprint density at radius 1 is 1.08 bits per heavy atom. The van der Waals surface area contributed by atoms with Crippen molar-refractivity contribution in [2.45, 2.75) is 25.4 Å². The van der Waals surface area contributed by atoms with Crippen molar-refractivity contribution in [2.75, 3.05) is 11.9 Å². The van der Waals surface area contributed by atoms with Crippen LogP contribution in [0.1, 0.15) is 30.1 Å². The largest absolute Gasteiger partial charge is 0.324 e. The highest BCUT2D eigenvalue weighted by Gasteiger charge is 2.27. The standard InChI is InChI=1S/C20H20ClN5/c21-16-6-2-1-5-15(16)14-26-12-4-8-18(26)17-7-3-9-19(24-17)25-20-13-22-10-11-23-20/h1-3,5-7,9-11,13,18H,4,8,12,14H2,(H,23,24,25). The molecule has 4 rings (SSSR count). The molecule has 26 heavy (non-hydrogen) atoms. The van der Waals surface area contributed by atoms with Crippen LogP contribution in [0, 0.1) is 0 Å². The summed E-state index contributed by atoms with van der Waals surface area (Å²) in [7, 11) is 0. The van der Waals surface area contributed by atoms with Gasteiger partial charge in [-0.1, -0.05) is 35.9 Å². The Bertz CT molecular complexity index is 871. The molecule has 6 heteroatoms. The Balaban J connectivity index is 1.52. The molecular formula is C20H20ClN5. The third kappa shape index (κ3) is 3.84. The molecule has 1 saturated heterocycles. The number of rotatable bonds is 5. The number of halogens is 1. The molecule has 0 spiro atoms.